The lowest BCUT2D eigenvalue weighted by molar-refractivity contribution is -0.133. The Kier molecular flexibility index (Phi) is 7.23. The van der Waals surface area contributed by atoms with Crippen LogP contribution in [0.3, 0.4) is 0 Å². The molecule has 0 saturated heterocycles. The van der Waals surface area contributed by atoms with Crippen LogP contribution in [-0.2, 0) is 9.53 Å². The van der Waals surface area contributed by atoms with Crippen molar-refractivity contribution in [2.75, 3.05) is 33.4 Å². The molecule has 0 spiro atoms. The second-order valence-electron chi connectivity index (χ2n) is 2.76. The van der Waals surface area contributed by atoms with E-state index in [1.54, 1.807) is 0 Å². The largest absolute Gasteiger partial charge is 0.384 e. The minimum Gasteiger partial charge on any atom is -0.384 e. The number of carbonyl (C=O) groups excluding carboxylic acids is 1. The number of methoxy groups -OCH3 is 1. The predicted molar refractivity (Wildman–Crippen MR) is 48.1 cm³/mol. The fourth-order valence-electron chi connectivity index (χ4n) is 0.988. The van der Waals surface area contributed by atoms with Crippen LogP contribution in [0.5, 0.6) is 0 Å². The summed E-state index contributed by atoms with van der Waals surface area (Å²) in [6.45, 7) is 0.0290. The molecule has 0 saturated carbocycles. The Bertz CT molecular complexity index is 167. The van der Waals surface area contributed by atoms with Crippen molar-refractivity contribution in [1.29, 1.82) is 0 Å². The number of hydrogen-bond donors (Lipinski definition) is 1. The van der Waals surface area contributed by atoms with Gasteiger partial charge in [0.25, 0.3) is 6.43 Å². The van der Waals surface area contributed by atoms with Crippen molar-refractivity contribution >= 4 is 5.91 Å². The normalized spacial score (nSPS) is 10.6. The van der Waals surface area contributed by atoms with E-state index in [0.29, 0.717) is 0 Å². The van der Waals surface area contributed by atoms with E-state index in [2.05, 4.69) is 4.74 Å². The van der Waals surface area contributed by atoms with Gasteiger partial charge in [-0.3, -0.25) is 4.79 Å². The molecule has 84 valence electrons. The summed E-state index contributed by atoms with van der Waals surface area (Å²) in [6.07, 6.45) is -2.41. The molecule has 0 aromatic heterocycles. The molecule has 0 bridgehead atoms. The summed E-state index contributed by atoms with van der Waals surface area (Å²) in [5.41, 5.74) is 5.20. The van der Waals surface area contributed by atoms with Gasteiger partial charge >= 0.3 is 0 Å². The molecule has 0 atom stereocenters. The SMILES string of the molecule is COCCC(=O)N(CCN)CC(F)F. The molecule has 0 aliphatic rings. The van der Waals surface area contributed by atoms with Crippen molar-refractivity contribution in [1.82, 2.24) is 4.90 Å². The number of hydrogen-bond acceptors (Lipinski definition) is 3. The molecule has 0 aromatic carbocycles. The third-order valence-corrected chi connectivity index (χ3v) is 1.63. The lowest BCUT2D eigenvalue weighted by atomic mass is 10.3. The third-order valence-electron chi connectivity index (χ3n) is 1.63. The lowest BCUT2D eigenvalue weighted by Crippen LogP contribution is -2.39. The Morgan fingerprint density at radius 2 is 2.21 bits per heavy atom. The number of amides is 1. The lowest BCUT2D eigenvalue weighted by Gasteiger charge is -2.21. The summed E-state index contributed by atoms with van der Waals surface area (Å²) < 4.78 is 28.7. The third kappa shape index (κ3) is 5.82. The molecule has 14 heavy (non-hydrogen) atoms. The molecule has 0 aliphatic carbocycles. The van der Waals surface area contributed by atoms with Gasteiger partial charge in [-0.05, 0) is 0 Å². The van der Waals surface area contributed by atoms with Crippen molar-refractivity contribution in [3.8, 4) is 0 Å². The Morgan fingerprint density at radius 3 is 2.64 bits per heavy atom. The summed E-state index contributed by atoms with van der Waals surface area (Å²) in [6, 6.07) is 0. The van der Waals surface area contributed by atoms with Gasteiger partial charge in [0.15, 0.2) is 0 Å². The average Bonchev–Trinajstić information content (AvgIpc) is 2.13. The zero-order valence-electron chi connectivity index (χ0n) is 8.21. The number of nitrogens with zero attached hydrogens (tertiary/aromatic N) is 1. The summed E-state index contributed by atoms with van der Waals surface area (Å²) in [5.74, 6) is -0.349. The summed E-state index contributed by atoms with van der Waals surface area (Å²) >= 11 is 0. The van der Waals surface area contributed by atoms with Crippen LogP contribution in [0.1, 0.15) is 6.42 Å². The zero-order valence-corrected chi connectivity index (χ0v) is 8.21. The van der Waals surface area contributed by atoms with E-state index >= 15 is 0 Å². The molecule has 0 radical (unpaired) electrons. The maximum atomic E-state index is 12.0. The first-order chi connectivity index (χ1) is 6.61. The van der Waals surface area contributed by atoms with Crippen molar-refractivity contribution < 1.29 is 18.3 Å². The van der Waals surface area contributed by atoms with Gasteiger partial charge in [0.05, 0.1) is 19.6 Å². The molecule has 2 N–H and O–H groups in total. The first-order valence-corrected chi connectivity index (χ1v) is 4.36. The van der Waals surface area contributed by atoms with E-state index in [1.165, 1.54) is 7.11 Å². The maximum absolute atomic E-state index is 12.0. The smallest absolute Gasteiger partial charge is 0.255 e. The minimum atomic E-state index is -2.52. The maximum Gasteiger partial charge on any atom is 0.255 e. The predicted octanol–water partition coefficient (Wildman–Crippen LogP) is 0.0753. The number of carbonyl (C=O) groups is 1. The topological polar surface area (TPSA) is 55.6 Å². The highest BCUT2D eigenvalue weighted by atomic mass is 19.3. The number of nitrogens with two attached hydrogens (primary N) is 1. The summed E-state index contributed by atoms with van der Waals surface area (Å²) in [5, 5.41) is 0. The second-order valence-corrected chi connectivity index (χ2v) is 2.76. The van der Waals surface area contributed by atoms with Gasteiger partial charge < -0.3 is 15.4 Å². The van der Waals surface area contributed by atoms with E-state index in [9.17, 15) is 13.6 Å². The molecule has 0 aromatic rings. The van der Waals surface area contributed by atoms with Crippen molar-refractivity contribution in [2.24, 2.45) is 5.73 Å². The Hall–Kier alpha value is -0.750. The number of ether oxygens (including phenoxy) is 1. The highest BCUT2D eigenvalue weighted by molar-refractivity contribution is 5.76. The average molecular weight is 210 g/mol. The van der Waals surface area contributed by atoms with Crippen LogP contribution in [0, 0.1) is 0 Å². The van der Waals surface area contributed by atoms with Crippen molar-refractivity contribution in [2.45, 2.75) is 12.8 Å². The molecular formula is C8H16F2N2O2. The van der Waals surface area contributed by atoms with Gasteiger partial charge in [-0.15, -0.1) is 0 Å². The number of rotatable bonds is 7. The van der Waals surface area contributed by atoms with Gasteiger partial charge in [-0.25, -0.2) is 8.78 Å². The molecule has 0 aliphatic heterocycles. The zero-order chi connectivity index (χ0) is 11.0. The first kappa shape index (κ1) is 13.2. The van der Waals surface area contributed by atoms with Crippen LogP contribution < -0.4 is 5.73 Å². The highest BCUT2D eigenvalue weighted by Crippen LogP contribution is 2.00. The van der Waals surface area contributed by atoms with E-state index in [1.807, 2.05) is 0 Å². The highest BCUT2D eigenvalue weighted by Gasteiger charge is 2.16. The minimum absolute atomic E-state index is 0.114. The first-order valence-electron chi connectivity index (χ1n) is 4.36. The molecule has 0 fully saturated rings. The van der Waals surface area contributed by atoms with E-state index in [-0.39, 0.29) is 32.0 Å². The van der Waals surface area contributed by atoms with Gasteiger partial charge in [-0.2, -0.15) is 0 Å². The molecule has 4 nitrogen and oxygen atoms in total. The molecule has 1 amide bonds. The fraction of sp³-hybridized carbons (Fsp3) is 0.875. The van der Waals surface area contributed by atoms with Gasteiger partial charge in [-0.1, -0.05) is 0 Å². The molecule has 0 rings (SSSR count). The van der Waals surface area contributed by atoms with Crippen LogP contribution in [0.2, 0.25) is 0 Å². The quantitative estimate of drug-likeness (QED) is 0.647. The molecular weight excluding hydrogens is 194 g/mol. The van der Waals surface area contributed by atoms with Crippen molar-refractivity contribution in [3.05, 3.63) is 0 Å². The second kappa shape index (κ2) is 7.64. The van der Waals surface area contributed by atoms with Gasteiger partial charge in [0, 0.05) is 20.2 Å². The van der Waals surface area contributed by atoms with Crippen LogP contribution in [0.25, 0.3) is 0 Å². The Balaban J connectivity index is 3.97. The monoisotopic (exact) mass is 210 g/mol. The van der Waals surface area contributed by atoms with Crippen LogP contribution in [-0.4, -0.2) is 50.6 Å². The van der Waals surface area contributed by atoms with Crippen LogP contribution in [0.15, 0.2) is 0 Å². The summed E-state index contributed by atoms with van der Waals surface area (Å²) in [4.78, 5) is 12.3. The number of halogens is 2. The van der Waals surface area contributed by atoms with Gasteiger partial charge in [0.2, 0.25) is 5.91 Å². The van der Waals surface area contributed by atoms with E-state index < -0.39 is 13.0 Å². The standard InChI is InChI=1S/C8H16F2N2O2/c1-14-5-2-8(13)12(4-3-11)6-7(9)10/h7H,2-6,11H2,1H3. The Labute approximate surface area is 82.0 Å². The molecule has 0 unspecified atom stereocenters. The van der Waals surface area contributed by atoms with Gasteiger partial charge in [0.1, 0.15) is 0 Å². The molecule has 6 heteroatoms. The molecule has 0 heterocycles. The van der Waals surface area contributed by atoms with Crippen LogP contribution in [0.4, 0.5) is 8.78 Å². The van der Waals surface area contributed by atoms with Crippen LogP contribution >= 0.6 is 0 Å². The van der Waals surface area contributed by atoms with E-state index in [0.717, 1.165) is 4.90 Å². The number of alkyl halides is 2. The summed E-state index contributed by atoms with van der Waals surface area (Å²) in [7, 11) is 1.45. The van der Waals surface area contributed by atoms with E-state index in [4.69, 9.17) is 5.73 Å². The Morgan fingerprint density at radius 1 is 1.57 bits per heavy atom. The fourth-order valence-corrected chi connectivity index (χ4v) is 0.988. The van der Waals surface area contributed by atoms with Crippen molar-refractivity contribution in [3.63, 3.8) is 0 Å².